The maximum atomic E-state index is 11.3. The Morgan fingerprint density at radius 1 is 1.50 bits per heavy atom. The lowest BCUT2D eigenvalue weighted by Crippen LogP contribution is -2.36. The third-order valence-corrected chi connectivity index (χ3v) is 1.83. The van der Waals surface area contributed by atoms with Crippen LogP contribution in [0.2, 0.25) is 0 Å². The number of carbonyl (C=O) groups excluding carboxylic acids is 1. The van der Waals surface area contributed by atoms with E-state index in [1.165, 1.54) is 4.90 Å². The molecule has 72 valence electrons. The zero-order valence-corrected chi connectivity index (χ0v) is 9.81. The van der Waals surface area contributed by atoms with Crippen LogP contribution >= 0.6 is 15.9 Å². The van der Waals surface area contributed by atoms with Crippen LogP contribution in [0.4, 0.5) is 4.79 Å². The molecular weight excluding hydrogens is 222 g/mol. The summed E-state index contributed by atoms with van der Waals surface area (Å²) in [6.07, 6.45) is -0.313. The molecule has 0 saturated carbocycles. The molecule has 0 saturated heterocycles. The van der Waals surface area contributed by atoms with Crippen molar-refractivity contribution < 1.29 is 9.53 Å². The van der Waals surface area contributed by atoms with Crippen LogP contribution in [0.5, 0.6) is 0 Å². The maximum Gasteiger partial charge on any atom is 0.410 e. The molecule has 0 rings (SSSR count). The zero-order chi connectivity index (χ0) is 9.94. The van der Waals surface area contributed by atoms with Crippen molar-refractivity contribution in [3.8, 4) is 0 Å². The molecular formula is C8H16BrNO2. The van der Waals surface area contributed by atoms with Gasteiger partial charge in [0.1, 0.15) is 5.60 Å². The largest absolute Gasteiger partial charge is 0.444 e. The van der Waals surface area contributed by atoms with Gasteiger partial charge in [-0.2, -0.15) is 0 Å². The molecule has 0 aliphatic rings. The molecule has 1 amide bonds. The van der Waals surface area contributed by atoms with E-state index in [2.05, 4.69) is 15.9 Å². The van der Waals surface area contributed by atoms with Gasteiger partial charge in [0.25, 0.3) is 0 Å². The van der Waals surface area contributed by atoms with Crippen LogP contribution in [0.1, 0.15) is 27.7 Å². The first-order valence-electron chi connectivity index (χ1n) is 3.84. The Hall–Kier alpha value is -0.250. The third kappa shape index (κ3) is 4.59. The van der Waals surface area contributed by atoms with Crippen molar-refractivity contribution in [2.75, 3.05) is 7.05 Å². The molecule has 1 atom stereocenters. The Morgan fingerprint density at radius 3 is 2.17 bits per heavy atom. The van der Waals surface area contributed by atoms with Crippen LogP contribution in [-0.2, 0) is 4.74 Å². The minimum atomic E-state index is -0.423. The topological polar surface area (TPSA) is 29.5 Å². The standard InChI is InChI=1S/C8H16BrNO2/c1-6(9)10(5)7(11)12-8(2,3)4/h6H,1-5H3. The predicted molar refractivity (Wildman–Crippen MR) is 52.4 cm³/mol. The molecule has 0 aliphatic heterocycles. The van der Waals surface area contributed by atoms with Gasteiger partial charge in [-0.05, 0) is 27.7 Å². The molecule has 4 heteroatoms. The van der Waals surface area contributed by atoms with E-state index in [0.717, 1.165) is 0 Å². The Balaban J connectivity index is 4.05. The minimum Gasteiger partial charge on any atom is -0.444 e. The summed E-state index contributed by atoms with van der Waals surface area (Å²) in [5, 5.41) is 0. The zero-order valence-electron chi connectivity index (χ0n) is 8.22. The predicted octanol–water partition coefficient (Wildman–Crippen LogP) is 2.59. The first-order chi connectivity index (χ1) is 5.24. The van der Waals surface area contributed by atoms with Gasteiger partial charge in [-0.3, -0.25) is 4.90 Å². The van der Waals surface area contributed by atoms with E-state index >= 15 is 0 Å². The lowest BCUT2D eigenvalue weighted by molar-refractivity contribution is 0.0293. The molecule has 3 nitrogen and oxygen atoms in total. The number of ether oxygens (including phenoxy) is 1. The normalized spacial score (nSPS) is 13.8. The highest BCUT2D eigenvalue weighted by Gasteiger charge is 2.21. The molecule has 12 heavy (non-hydrogen) atoms. The average Bonchev–Trinajstić information content (AvgIpc) is 1.82. The lowest BCUT2D eigenvalue weighted by atomic mass is 10.2. The summed E-state index contributed by atoms with van der Waals surface area (Å²) in [4.78, 5) is 12.8. The summed E-state index contributed by atoms with van der Waals surface area (Å²) in [7, 11) is 1.69. The summed E-state index contributed by atoms with van der Waals surface area (Å²) >= 11 is 3.27. The van der Waals surface area contributed by atoms with Crippen molar-refractivity contribution in [2.45, 2.75) is 38.2 Å². The van der Waals surface area contributed by atoms with Crippen LogP contribution in [-0.4, -0.2) is 28.6 Å². The molecule has 0 spiro atoms. The van der Waals surface area contributed by atoms with Gasteiger partial charge in [0.15, 0.2) is 0 Å². The highest BCUT2D eigenvalue weighted by molar-refractivity contribution is 9.09. The molecule has 0 aromatic rings. The van der Waals surface area contributed by atoms with E-state index < -0.39 is 5.60 Å². The van der Waals surface area contributed by atoms with Gasteiger partial charge in [-0.1, -0.05) is 15.9 Å². The van der Waals surface area contributed by atoms with Crippen LogP contribution < -0.4 is 0 Å². The fourth-order valence-corrected chi connectivity index (χ4v) is 0.646. The Labute approximate surface area is 82.2 Å². The first kappa shape index (κ1) is 11.8. The van der Waals surface area contributed by atoms with E-state index in [-0.39, 0.29) is 11.0 Å². The Morgan fingerprint density at radius 2 is 1.92 bits per heavy atom. The fraction of sp³-hybridized carbons (Fsp3) is 0.875. The molecule has 0 aromatic carbocycles. The Bertz CT molecular complexity index is 163. The Kier molecular flexibility index (Phi) is 4.03. The van der Waals surface area contributed by atoms with Crippen LogP contribution in [0.3, 0.4) is 0 Å². The van der Waals surface area contributed by atoms with Crippen molar-refractivity contribution >= 4 is 22.0 Å². The number of hydrogen-bond donors (Lipinski definition) is 0. The van der Waals surface area contributed by atoms with Crippen molar-refractivity contribution in [3.63, 3.8) is 0 Å². The molecule has 0 aromatic heterocycles. The maximum absolute atomic E-state index is 11.3. The van der Waals surface area contributed by atoms with Crippen LogP contribution in [0, 0.1) is 0 Å². The highest BCUT2D eigenvalue weighted by Crippen LogP contribution is 2.12. The van der Waals surface area contributed by atoms with Crippen molar-refractivity contribution in [1.29, 1.82) is 0 Å². The molecule has 0 fully saturated rings. The second-order valence-corrected chi connectivity index (χ2v) is 4.99. The van der Waals surface area contributed by atoms with Crippen molar-refractivity contribution in [2.24, 2.45) is 0 Å². The monoisotopic (exact) mass is 237 g/mol. The van der Waals surface area contributed by atoms with Crippen molar-refractivity contribution in [1.82, 2.24) is 4.90 Å². The molecule has 0 N–H and O–H groups in total. The third-order valence-electron chi connectivity index (χ3n) is 1.22. The number of nitrogens with zero attached hydrogens (tertiary/aromatic N) is 1. The van der Waals surface area contributed by atoms with E-state index in [1.54, 1.807) is 7.05 Å². The van der Waals surface area contributed by atoms with E-state index in [4.69, 9.17) is 4.74 Å². The smallest absolute Gasteiger partial charge is 0.410 e. The lowest BCUT2D eigenvalue weighted by Gasteiger charge is -2.26. The van der Waals surface area contributed by atoms with Crippen LogP contribution in [0.25, 0.3) is 0 Å². The van der Waals surface area contributed by atoms with E-state index in [9.17, 15) is 4.79 Å². The average molecular weight is 238 g/mol. The molecule has 0 heterocycles. The second kappa shape index (κ2) is 4.12. The number of rotatable bonds is 1. The first-order valence-corrected chi connectivity index (χ1v) is 4.75. The van der Waals surface area contributed by atoms with Gasteiger partial charge < -0.3 is 4.74 Å². The van der Waals surface area contributed by atoms with Crippen molar-refractivity contribution in [3.05, 3.63) is 0 Å². The fourth-order valence-electron chi connectivity index (χ4n) is 0.479. The van der Waals surface area contributed by atoms with Gasteiger partial charge in [0.2, 0.25) is 0 Å². The number of amides is 1. The van der Waals surface area contributed by atoms with Gasteiger partial charge in [0.05, 0.1) is 4.95 Å². The summed E-state index contributed by atoms with van der Waals surface area (Å²) in [6, 6.07) is 0. The highest BCUT2D eigenvalue weighted by atomic mass is 79.9. The van der Waals surface area contributed by atoms with Crippen LogP contribution in [0.15, 0.2) is 0 Å². The number of carbonyl (C=O) groups is 1. The van der Waals surface area contributed by atoms with E-state index in [0.29, 0.717) is 0 Å². The minimum absolute atomic E-state index is 0.00708. The SMILES string of the molecule is CC(Br)N(C)C(=O)OC(C)(C)C. The quantitative estimate of drug-likeness (QED) is 0.519. The molecule has 0 radical (unpaired) electrons. The van der Waals surface area contributed by atoms with Gasteiger partial charge in [-0.15, -0.1) is 0 Å². The van der Waals surface area contributed by atoms with Gasteiger partial charge in [0, 0.05) is 7.05 Å². The number of hydrogen-bond acceptors (Lipinski definition) is 2. The number of halogens is 1. The van der Waals surface area contributed by atoms with Gasteiger partial charge >= 0.3 is 6.09 Å². The summed E-state index contributed by atoms with van der Waals surface area (Å²) in [6.45, 7) is 7.40. The van der Waals surface area contributed by atoms with E-state index in [1.807, 2.05) is 27.7 Å². The summed E-state index contributed by atoms with van der Waals surface area (Å²) < 4.78 is 5.12. The summed E-state index contributed by atoms with van der Waals surface area (Å²) in [5.74, 6) is 0. The molecule has 1 unspecified atom stereocenters. The molecule has 0 aliphatic carbocycles. The molecule has 0 bridgehead atoms. The summed E-state index contributed by atoms with van der Waals surface area (Å²) in [5.41, 5.74) is -0.423. The van der Waals surface area contributed by atoms with Gasteiger partial charge in [-0.25, -0.2) is 4.79 Å². The second-order valence-electron chi connectivity index (χ2n) is 3.67. The number of alkyl halides is 1.